The minimum atomic E-state index is 0.0198. The van der Waals surface area contributed by atoms with Crippen LogP contribution < -0.4 is 10.1 Å². The maximum absolute atomic E-state index is 5.81. The van der Waals surface area contributed by atoms with Crippen LogP contribution in [-0.2, 0) is 6.54 Å². The fourth-order valence-electron chi connectivity index (χ4n) is 4.90. The maximum Gasteiger partial charge on any atom is 0.170 e. The molecule has 5 nitrogen and oxygen atoms in total. The van der Waals surface area contributed by atoms with Crippen molar-refractivity contribution in [2.24, 2.45) is 0 Å². The smallest absolute Gasteiger partial charge is 0.170 e. The molecule has 3 aromatic rings. The average Bonchev–Trinajstić information content (AvgIpc) is 3.56. The van der Waals surface area contributed by atoms with Gasteiger partial charge >= 0.3 is 0 Å². The average molecular weight is 433 g/mol. The molecule has 0 radical (unpaired) electrons. The molecule has 0 unspecified atom stereocenters. The van der Waals surface area contributed by atoms with Crippen LogP contribution in [0.5, 0.6) is 5.75 Å². The minimum absolute atomic E-state index is 0.0198. The molecule has 0 bridgehead atoms. The molecule has 5 rings (SSSR count). The SMILES string of the molecule is COc1ccc(CN2C(=S)N[C@@H](c3ccccn3)[C@H]2c2ccn(C3CCCC3)c2)cc1. The molecule has 0 amide bonds. The molecule has 2 aliphatic rings. The number of rotatable bonds is 6. The second-order valence-corrected chi connectivity index (χ2v) is 8.82. The van der Waals surface area contributed by atoms with Gasteiger partial charge in [0, 0.05) is 31.2 Å². The Morgan fingerprint density at radius 1 is 1.10 bits per heavy atom. The van der Waals surface area contributed by atoms with Gasteiger partial charge in [-0.05, 0) is 66.5 Å². The van der Waals surface area contributed by atoms with Gasteiger partial charge < -0.3 is 19.5 Å². The van der Waals surface area contributed by atoms with E-state index in [1.807, 2.05) is 30.5 Å². The predicted octanol–water partition coefficient (Wildman–Crippen LogP) is 5.18. The van der Waals surface area contributed by atoms with Crippen molar-refractivity contribution in [1.82, 2.24) is 19.8 Å². The van der Waals surface area contributed by atoms with Gasteiger partial charge in [-0.2, -0.15) is 0 Å². The fraction of sp³-hybridized carbons (Fsp3) is 0.360. The highest BCUT2D eigenvalue weighted by molar-refractivity contribution is 7.80. The Balaban J connectivity index is 1.48. The van der Waals surface area contributed by atoms with Crippen LogP contribution in [0.3, 0.4) is 0 Å². The summed E-state index contributed by atoms with van der Waals surface area (Å²) in [4.78, 5) is 6.94. The number of methoxy groups -OCH3 is 1. The summed E-state index contributed by atoms with van der Waals surface area (Å²) in [5, 5.41) is 4.32. The molecule has 1 aliphatic carbocycles. The van der Waals surface area contributed by atoms with Gasteiger partial charge in [0.25, 0.3) is 0 Å². The van der Waals surface area contributed by atoms with Crippen LogP contribution in [0.4, 0.5) is 0 Å². The molecule has 1 saturated carbocycles. The summed E-state index contributed by atoms with van der Waals surface area (Å²) in [6.45, 7) is 0.735. The van der Waals surface area contributed by atoms with E-state index in [4.69, 9.17) is 17.0 Å². The molecule has 1 N–H and O–H groups in total. The van der Waals surface area contributed by atoms with E-state index in [2.05, 4.69) is 56.4 Å². The first-order valence-electron chi connectivity index (χ1n) is 11.0. The molecule has 2 aromatic heterocycles. The maximum atomic E-state index is 5.81. The van der Waals surface area contributed by atoms with E-state index in [1.165, 1.54) is 36.8 Å². The molecular weight excluding hydrogens is 404 g/mol. The van der Waals surface area contributed by atoms with E-state index in [1.54, 1.807) is 7.11 Å². The number of nitrogens with zero attached hydrogens (tertiary/aromatic N) is 3. The second-order valence-electron chi connectivity index (χ2n) is 8.43. The van der Waals surface area contributed by atoms with Gasteiger partial charge in [-0.1, -0.05) is 31.0 Å². The molecule has 160 valence electrons. The molecule has 3 heterocycles. The Kier molecular flexibility index (Phi) is 5.64. The highest BCUT2D eigenvalue weighted by Crippen LogP contribution is 2.40. The van der Waals surface area contributed by atoms with Gasteiger partial charge in [0.2, 0.25) is 0 Å². The van der Waals surface area contributed by atoms with Gasteiger partial charge in [0.05, 0.1) is 24.9 Å². The van der Waals surface area contributed by atoms with Gasteiger partial charge in [0.15, 0.2) is 5.11 Å². The van der Waals surface area contributed by atoms with Crippen LogP contribution in [-0.4, -0.2) is 26.7 Å². The lowest BCUT2D eigenvalue weighted by Gasteiger charge is -2.27. The molecule has 1 saturated heterocycles. The first kappa shape index (κ1) is 20.1. The number of ether oxygens (including phenoxy) is 1. The zero-order valence-corrected chi connectivity index (χ0v) is 18.6. The molecule has 0 spiro atoms. The molecule has 31 heavy (non-hydrogen) atoms. The standard InChI is InChI=1S/C25H28N4OS/c1-30-21-11-9-18(10-12-21)16-29-24(19-13-15-28(17-19)20-6-2-3-7-20)23(27-25(29)31)22-8-4-5-14-26-22/h4-5,8-15,17,20,23-24H,2-3,6-7,16H2,1H3,(H,27,31)/t23-,24+/m0/s1. The third kappa shape index (κ3) is 4.04. The molecule has 1 aromatic carbocycles. The Morgan fingerprint density at radius 2 is 1.90 bits per heavy atom. The van der Waals surface area contributed by atoms with Crippen LogP contribution in [0, 0.1) is 0 Å². The first-order chi connectivity index (χ1) is 15.2. The number of hydrogen-bond acceptors (Lipinski definition) is 3. The van der Waals surface area contributed by atoms with Crippen molar-refractivity contribution in [3.05, 3.63) is 83.9 Å². The summed E-state index contributed by atoms with van der Waals surface area (Å²) in [7, 11) is 1.69. The summed E-state index contributed by atoms with van der Waals surface area (Å²) in [6.07, 6.45) is 11.6. The topological polar surface area (TPSA) is 42.3 Å². The lowest BCUT2D eigenvalue weighted by atomic mass is 9.98. The van der Waals surface area contributed by atoms with Crippen LogP contribution in [0.15, 0.2) is 67.1 Å². The summed E-state index contributed by atoms with van der Waals surface area (Å²) in [6, 6.07) is 17.3. The Morgan fingerprint density at radius 3 is 2.61 bits per heavy atom. The van der Waals surface area contributed by atoms with Crippen molar-refractivity contribution < 1.29 is 4.74 Å². The molecule has 2 fully saturated rings. The second kappa shape index (κ2) is 8.71. The molecular formula is C25H28N4OS. The van der Waals surface area contributed by atoms with Gasteiger partial charge in [-0.15, -0.1) is 0 Å². The lowest BCUT2D eigenvalue weighted by molar-refractivity contribution is 0.310. The van der Waals surface area contributed by atoms with Crippen LogP contribution in [0.1, 0.15) is 60.6 Å². The molecule has 6 heteroatoms. The van der Waals surface area contributed by atoms with Crippen molar-refractivity contribution in [2.75, 3.05) is 7.11 Å². The Labute approximate surface area is 189 Å². The van der Waals surface area contributed by atoms with E-state index in [0.29, 0.717) is 6.04 Å². The van der Waals surface area contributed by atoms with Crippen LogP contribution in [0.2, 0.25) is 0 Å². The van der Waals surface area contributed by atoms with E-state index < -0.39 is 0 Å². The highest BCUT2D eigenvalue weighted by Gasteiger charge is 2.40. The van der Waals surface area contributed by atoms with Gasteiger partial charge in [0.1, 0.15) is 5.75 Å². The summed E-state index contributed by atoms with van der Waals surface area (Å²) in [5.74, 6) is 0.863. The van der Waals surface area contributed by atoms with Crippen molar-refractivity contribution in [2.45, 2.75) is 50.4 Å². The van der Waals surface area contributed by atoms with Crippen molar-refractivity contribution in [3.8, 4) is 5.75 Å². The quantitative estimate of drug-likeness (QED) is 0.544. The molecule has 1 aliphatic heterocycles. The summed E-state index contributed by atoms with van der Waals surface area (Å²) in [5.41, 5.74) is 3.50. The van der Waals surface area contributed by atoms with Crippen molar-refractivity contribution in [3.63, 3.8) is 0 Å². The Bertz CT molecular complexity index is 1030. The number of aromatic nitrogens is 2. The van der Waals surface area contributed by atoms with E-state index >= 15 is 0 Å². The number of hydrogen-bond donors (Lipinski definition) is 1. The first-order valence-corrected chi connectivity index (χ1v) is 11.4. The largest absolute Gasteiger partial charge is 0.497 e. The number of pyridine rings is 1. The monoisotopic (exact) mass is 432 g/mol. The van der Waals surface area contributed by atoms with Crippen molar-refractivity contribution >= 4 is 17.3 Å². The van der Waals surface area contributed by atoms with Crippen LogP contribution >= 0.6 is 12.2 Å². The van der Waals surface area contributed by atoms with Gasteiger partial charge in [-0.25, -0.2) is 0 Å². The van der Waals surface area contributed by atoms with Crippen molar-refractivity contribution in [1.29, 1.82) is 0 Å². The zero-order chi connectivity index (χ0) is 21.2. The third-order valence-electron chi connectivity index (χ3n) is 6.53. The van der Waals surface area contributed by atoms with Gasteiger partial charge in [-0.3, -0.25) is 4.98 Å². The van der Waals surface area contributed by atoms with Crippen LogP contribution in [0.25, 0.3) is 0 Å². The minimum Gasteiger partial charge on any atom is -0.497 e. The zero-order valence-electron chi connectivity index (χ0n) is 17.8. The fourth-order valence-corrected chi connectivity index (χ4v) is 5.21. The Hall–Kier alpha value is -2.86. The highest BCUT2D eigenvalue weighted by atomic mass is 32.1. The van der Waals surface area contributed by atoms with E-state index in [9.17, 15) is 0 Å². The third-order valence-corrected chi connectivity index (χ3v) is 6.89. The van der Waals surface area contributed by atoms with E-state index in [0.717, 1.165) is 23.1 Å². The van der Waals surface area contributed by atoms with E-state index in [-0.39, 0.29) is 12.1 Å². The number of nitrogens with one attached hydrogen (secondary N) is 1. The summed E-state index contributed by atoms with van der Waals surface area (Å²) >= 11 is 5.81. The normalized spacial score (nSPS) is 21.5. The lowest BCUT2D eigenvalue weighted by Crippen LogP contribution is -2.29. The number of benzene rings is 1. The molecule has 2 atom stereocenters. The number of thiocarbonyl (C=S) groups is 1. The summed E-state index contributed by atoms with van der Waals surface area (Å²) < 4.78 is 7.72. The predicted molar refractivity (Wildman–Crippen MR) is 126 cm³/mol.